The molecule has 142 valence electrons. The minimum absolute atomic E-state index is 1.00. The molecule has 6 aromatic rings. The van der Waals surface area contributed by atoms with Gasteiger partial charge in [-0.15, -0.1) is 0 Å². The minimum Gasteiger partial charge on any atom is -0.297 e. The average Bonchev–Trinajstić information content (AvgIpc) is 3.14. The molecular weight excluding hydrogens is 364 g/mol. The van der Waals surface area contributed by atoms with Crippen LogP contribution in [-0.4, -0.2) is 9.55 Å². The summed E-state index contributed by atoms with van der Waals surface area (Å²) >= 11 is 0. The Morgan fingerprint density at radius 1 is 0.633 bits per heavy atom. The molecule has 0 saturated heterocycles. The Bertz CT molecular complexity index is 1540. The molecule has 0 amide bonds. The van der Waals surface area contributed by atoms with Crippen LogP contribution in [0.2, 0.25) is 0 Å². The van der Waals surface area contributed by atoms with Gasteiger partial charge in [-0.1, -0.05) is 72.8 Å². The molecule has 2 heteroatoms. The molecule has 5 aromatic carbocycles. The summed E-state index contributed by atoms with van der Waals surface area (Å²) in [4.78, 5) is 4.71. The molecule has 1 aromatic heterocycles. The van der Waals surface area contributed by atoms with Crippen LogP contribution in [0.1, 0.15) is 5.82 Å². The van der Waals surface area contributed by atoms with Crippen molar-refractivity contribution >= 4 is 32.6 Å². The van der Waals surface area contributed by atoms with Crippen LogP contribution in [-0.2, 0) is 0 Å². The van der Waals surface area contributed by atoms with Gasteiger partial charge >= 0.3 is 0 Å². The lowest BCUT2D eigenvalue weighted by Crippen LogP contribution is -1.96. The highest BCUT2D eigenvalue weighted by Crippen LogP contribution is 2.35. The molecule has 0 radical (unpaired) electrons. The van der Waals surface area contributed by atoms with E-state index in [2.05, 4.69) is 109 Å². The fourth-order valence-electron chi connectivity index (χ4n) is 4.56. The summed E-state index contributed by atoms with van der Waals surface area (Å²) in [6, 6.07) is 36.7. The number of nitrogens with zero attached hydrogens (tertiary/aromatic N) is 2. The Labute approximate surface area is 175 Å². The van der Waals surface area contributed by atoms with Crippen molar-refractivity contribution in [1.82, 2.24) is 9.55 Å². The topological polar surface area (TPSA) is 17.8 Å². The van der Waals surface area contributed by atoms with Gasteiger partial charge in [-0.2, -0.15) is 0 Å². The first-order valence-electron chi connectivity index (χ1n) is 10.2. The molecule has 0 N–H and O–H groups in total. The SMILES string of the molecule is Cc1nc2ccccc2n1-c1ccc(-c2cc3ccccc3c3ccccc23)cc1. The normalized spacial score (nSPS) is 11.5. The summed E-state index contributed by atoms with van der Waals surface area (Å²) in [5, 5.41) is 5.15. The van der Waals surface area contributed by atoms with Gasteiger partial charge in [-0.25, -0.2) is 4.98 Å². The summed E-state index contributed by atoms with van der Waals surface area (Å²) in [5.41, 5.74) is 5.79. The van der Waals surface area contributed by atoms with Crippen LogP contribution in [0.3, 0.4) is 0 Å². The van der Waals surface area contributed by atoms with Crippen molar-refractivity contribution in [1.29, 1.82) is 0 Å². The van der Waals surface area contributed by atoms with E-state index >= 15 is 0 Å². The van der Waals surface area contributed by atoms with E-state index < -0.39 is 0 Å². The van der Waals surface area contributed by atoms with E-state index in [0.29, 0.717) is 0 Å². The van der Waals surface area contributed by atoms with Gasteiger partial charge in [0.2, 0.25) is 0 Å². The molecule has 30 heavy (non-hydrogen) atoms. The van der Waals surface area contributed by atoms with Gasteiger partial charge in [-0.05, 0) is 69.9 Å². The van der Waals surface area contributed by atoms with Crippen molar-refractivity contribution in [2.75, 3.05) is 0 Å². The molecule has 6 rings (SSSR count). The number of imidazole rings is 1. The molecule has 0 fully saturated rings. The highest BCUT2D eigenvalue weighted by Gasteiger charge is 2.11. The van der Waals surface area contributed by atoms with E-state index in [1.54, 1.807) is 0 Å². The first-order valence-corrected chi connectivity index (χ1v) is 10.2. The highest BCUT2D eigenvalue weighted by atomic mass is 15.1. The van der Waals surface area contributed by atoms with Gasteiger partial charge in [0, 0.05) is 5.69 Å². The van der Waals surface area contributed by atoms with E-state index in [-0.39, 0.29) is 0 Å². The molecule has 2 nitrogen and oxygen atoms in total. The van der Waals surface area contributed by atoms with Gasteiger partial charge in [0.1, 0.15) is 5.82 Å². The predicted octanol–water partition coefficient (Wildman–Crippen LogP) is 7.31. The molecule has 0 unspecified atom stereocenters. The van der Waals surface area contributed by atoms with Crippen LogP contribution in [0.5, 0.6) is 0 Å². The van der Waals surface area contributed by atoms with Crippen LogP contribution >= 0.6 is 0 Å². The standard InChI is InChI=1S/C28H20N2/c1-19-29-27-12-6-7-13-28(27)30(19)22-16-14-20(15-17-22)26-18-21-8-2-3-9-23(21)24-10-4-5-11-25(24)26/h2-18H,1H3. The molecule has 0 saturated carbocycles. The monoisotopic (exact) mass is 384 g/mol. The number of para-hydroxylation sites is 2. The third kappa shape index (κ3) is 2.54. The second kappa shape index (κ2) is 6.57. The van der Waals surface area contributed by atoms with E-state index in [4.69, 9.17) is 4.98 Å². The van der Waals surface area contributed by atoms with Gasteiger partial charge in [-0.3, -0.25) is 4.57 Å². The van der Waals surface area contributed by atoms with Crippen molar-refractivity contribution < 1.29 is 0 Å². The molecule has 0 bridgehead atoms. The van der Waals surface area contributed by atoms with Crippen LogP contribution < -0.4 is 0 Å². The predicted molar refractivity (Wildman–Crippen MR) is 126 cm³/mol. The second-order valence-electron chi connectivity index (χ2n) is 7.72. The Morgan fingerprint density at radius 2 is 1.30 bits per heavy atom. The molecule has 0 spiro atoms. The molecule has 0 atom stereocenters. The highest BCUT2D eigenvalue weighted by molar-refractivity contribution is 6.13. The molecule has 0 aliphatic carbocycles. The summed E-state index contributed by atoms with van der Waals surface area (Å²) in [6.07, 6.45) is 0. The van der Waals surface area contributed by atoms with Crippen LogP contribution in [0.25, 0.3) is 49.4 Å². The molecule has 1 heterocycles. The Kier molecular flexibility index (Phi) is 3.72. The zero-order valence-electron chi connectivity index (χ0n) is 16.7. The number of fused-ring (bicyclic) bond motifs is 4. The maximum absolute atomic E-state index is 4.71. The fourth-order valence-corrected chi connectivity index (χ4v) is 4.56. The summed E-state index contributed by atoms with van der Waals surface area (Å²) in [7, 11) is 0. The lowest BCUT2D eigenvalue weighted by Gasteiger charge is -2.12. The van der Waals surface area contributed by atoms with E-state index in [9.17, 15) is 0 Å². The maximum Gasteiger partial charge on any atom is 0.111 e. The average molecular weight is 384 g/mol. The number of aryl methyl sites for hydroxylation is 1. The maximum atomic E-state index is 4.71. The smallest absolute Gasteiger partial charge is 0.111 e. The first-order chi connectivity index (χ1) is 14.8. The molecule has 0 aliphatic heterocycles. The zero-order chi connectivity index (χ0) is 20.1. The van der Waals surface area contributed by atoms with E-state index in [1.807, 2.05) is 6.07 Å². The van der Waals surface area contributed by atoms with Crippen molar-refractivity contribution in [2.24, 2.45) is 0 Å². The Hall–Kier alpha value is -3.91. The number of rotatable bonds is 2. The lowest BCUT2D eigenvalue weighted by molar-refractivity contribution is 1.00. The fraction of sp³-hybridized carbons (Fsp3) is 0.0357. The van der Waals surface area contributed by atoms with E-state index in [1.165, 1.54) is 32.7 Å². The molecule has 0 aliphatic rings. The van der Waals surface area contributed by atoms with E-state index in [0.717, 1.165) is 22.5 Å². The quantitative estimate of drug-likeness (QED) is 0.286. The summed E-state index contributed by atoms with van der Waals surface area (Å²) in [5.74, 6) is 1.00. The largest absolute Gasteiger partial charge is 0.297 e. The first kappa shape index (κ1) is 17.0. The Morgan fingerprint density at radius 3 is 2.13 bits per heavy atom. The second-order valence-corrected chi connectivity index (χ2v) is 7.72. The third-order valence-electron chi connectivity index (χ3n) is 5.93. The van der Waals surface area contributed by atoms with Crippen LogP contribution in [0.4, 0.5) is 0 Å². The van der Waals surface area contributed by atoms with Crippen molar-refractivity contribution in [3.05, 3.63) is 109 Å². The lowest BCUT2D eigenvalue weighted by atomic mass is 9.93. The summed E-state index contributed by atoms with van der Waals surface area (Å²) in [6.45, 7) is 2.06. The minimum atomic E-state index is 1.00. The van der Waals surface area contributed by atoms with Crippen LogP contribution in [0.15, 0.2) is 103 Å². The van der Waals surface area contributed by atoms with Crippen LogP contribution in [0, 0.1) is 6.92 Å². The number of hydrogen-bond donors (Lipinski definition) is 0. The number of benzene rings is 5. The number of aromatic nitrogens is 2. The summed E-state index contributed by atoms with van der Waals surface area (Å²) < 4.78 is 2.22. The van der Waals surface area contributed by atoms with Gasteiger partial charge in [0.05, 0.1) is 11.0 Å². The van der Waals surface area contributed by atoms with Gasteiger partial charge < -0.3 is 0 Å². The molecular formula is C28H20N2. The van der Waals surface area contributed by atoms with Crippen molar-refractivity contribution in [3.8, 4) is 16.8 Å². The van der Waals surface area contributed by atoms with Crippen molar-refractivity contribution in [3.63, 3.8) is 0 Å². The van der Waals surface area contributed by atoms with Gasteiger partial charge in [0.25, 0.3) is 0 Å². The zero-order valence-corrected chi connectivity index (χ0v) is 16.7. The van der Waals surface area contributed by atoms with Crippen molar-refractivity contribution in [2.45, 2.75) is 6.92 Å². The Balaban J connectivity index is 1.54. The number of hydrogen-bond acceptors (Lipinski definition) is 1. The van der Waals surface area contributed by atoms with Gasteiger partial charge in [0.15, 0.2) is 0 Å². The third-order valence-corrected chi connectivity index (χ3v) is 5.93.